The van der Waals surface area contributed by atoms with Crippen LogP contribution in [0.2, 0.25) is 25.7 Å². The first-order valence-electron chi connectivity index (χ1n) is 5.49. The van der Waals surface area contributed by atoms with Gasteiger partial charge in [-0.25, -0.2) is 4.98 Å². The molecule has 0 saturated heterocycles. The Bertz CT molecular complexity index is 355. The van der Waals surface area contributed by atoms with Crippen LogP contribution in [0.3, 0.4) is 0 Å². The van der Waals surface area contributed by atoms with E-state index in [-0.39, 0.29) is 0 Å². The minimum atomic E-state index is -1.03. The minimum absolute atomic E-state index is 0.416. The molecule has 4 nitrogen and oxygen atoms in total. The van der Waals surface area contributed by atoms with Gasteiger partial charge in [-0.2, -0.15) is 0 Å². The summed E-state index contributed by atoms with van der Waals surface area (Å²) < 4.78 is 7.29. The molecule has 0 radical (unpaired) electrons. The number of carbonyl (C=O) groups excluding carboxylic acids is 1. The van der Waals surface area contributed by atoms with Gasteiger partial charge >= 0.3 is 0 Å². The molecule has 0 atom stereocenters. The van der Waals surface area contributed by atoms with Crippen molar-refractivity contribution in [2.45, 2.75) is 39.3 Å². The van der Waals surface area contributed by atoms with Gasteiger partial charge in [0.1, 0.15) is 6.73 Å². The highest BCUT2D eigenvalue weighted by molar-refractivity contribution is 6.76. The zero-order valence-electron chi connectivity index (χ0n) is 10.5. The highest BCUT2D eigenvalue weighted by atomic mass is 28.3. The Hall–Kier alpha value is -0.943. The maximum atomic E-state index is 10.7. The van der Waals surface area contributed by atoms with Crippen LogP contribution in [0, 0.1) is 6.92 Å². The van der Waals surface area contributed by atoms with E-state index in [1.165, 1.54) is 0 Å². The molecular weight excluding hydrogens is 220 g/mol. The first kappa shape index (κ1) is 13.1. The Labute approximate surface area is 97.6 Å². The Morgan fingerprint density at radius 2 is 2.19 bits per heavy atom. The number of nitrogens with zero attached hydrogens (tertiary/aromatic N) is 2. The number of aldehydes is 1. The highest BCUT2D eigenvalue weighted by Crippen LogP contribution is 2.08. The third-order valence-electron chi connectivity index (χ3n) is 2.26. The van der Waals surface area contributed by atoms with Crippen molar-refractivity contribution in [2.75, 3.05) is 6.61 Å². The third kappa shape index (κ3) is 4.28. The minimum Gasteiger partial charge on any atom is -0.361 e. The molecular formula is C11H20N2O2Si. The van der Waals surface area contributed by atoms with Gasteiger partial charge in [0.05, 0.1) is 5.69 Å². The van der Waals surface area contributed by atoms with Crippen LogP contribution >= 0.6 is 0 Å². The van der Waals surface area contributed by atoms with Crippen molar-refractivity contribution in [1.29, 1.82) is 0 Å². The Morgan fingerprint density at radius 3 is 2.75 bits per heavy atom. The third-order valence-corrected chi connectivity index (χ3v) is 3.96. The molecule has 0 fully saturated rings. The summed E-state index contributed by atoms with van der Waals surface area (Å²) in [6.45, 7) is 9.98. The van der Waals surface area contributed by atoms with Crippen LogP contribution in [0.25, 0.3) is 0 Å². The van der Waals surface area contributed by atoms with E-state index < -0.39 is 8.07 Å². The molecule has 0 N–H and O–H groups in total. The van der Waals surface area contributed by atoms with Crippen LogP contribution < -0.4 is 0 Å². The molecule has 0 amide bonds. The lowest BCUT2D eigenvalue weighted by Crippen LogP contribution is -2.22. The van der Waals surface area contributed by atoms with Gasteiger partial charge in [0.2, 0.25) is 0 Å². The molecule has 90 valence electrons. The summed E-state index contributed by atoms with van der Waals surface area (Å²) in [6.07, 6.45) is 2.59. The number of aromatic nitrogens is 2. The summed E-state index contributed by atoms with van der Waals surface area (Å²) in [5.74, 6) is 0.436. The second-order valence-corrected chi connectivity index (χ2v) is 10.8. The molecule has 0 spiro atoms. The molecule has 1 aromatic rings. The van der Waals surface area contributed by atoms with E-state index >= 15 is 0 Å². The lowest BCUT2D eigenvalue weighted by molar-refractivity contribution is 0.0831. The van der Waals surface area contributed by atoms with Crippen LogP contribution in [-0.4, -0.2) is 30.5 Å². The number of aryl methyl sites for hydroxylation is 1. The van der Waals surface area contributed by atoms with E-state index in [9.17, 15) is 4.79 Å². The van der Waals surface area contributed by atoms with Crippen molar-refractivity contribution in [3.05, 3.63) is 17.7 Å². The normalized spacial score (nSPS) is 11.8. The zero-order valence-corrected chi connectivity index (χ0v) is 11.5. The second-order valence-electron chi connectivity index (χ2n) is 5.18. The molecule has 0 unspecified atom stereocenters. The Morgan fingerprint density at radius 1 is 1.50 bits per heavy atom. The number of imidazole rings is 1. The molecule has 1 aromatic heterocycles. The molecule has 16 heavy (non-hydrogen) atoms. The summed E-state index contributed by atoms with van der Waals surface area (Å²) in [6, 6.07) is 1.14. The molecule has 5 heteroatoms. The zero-order chi connectivity index (χ0) is 12.2. The monoisotopic (exact) mass is 240 g/mol. The van der Waals surface area contributed by atoms with Crippen molar-refractivity contribution in [3.8, 4) is 0 Å². The fourth-order valence-corrected chi connectivity index (χ4v) is 2.06. The Balaban J connectivity index is 2.40. The number of rotatable bonds is 6. The summed E-state index contributed by atoms with van der Waals surface area (Å²) in [4.78, 5) is 14.8. The number of ether oxygens (including phenoxy) is 1. The molecule has 1 rings (SSSR count). The van der Waals surface area contributed by atoms with E-state index in [4.69, 9.17) is 4.74 Å². The Kier molecular flexibility index (Phi) is 4.43. The summed E-state index contributed by atoms with van der Waals surface area (Å²) in [7, 11) is -1.03. The van der Waals surface area contributed by atoms with Gasteiger partial charge in [-0.15, -0.1) is 0 Å². The quantitative estimate of drug-likeness (QED) is 0.435. The molecule has 0 aliphatic carbocycles. The summed E-state index contributed by atoms with van der Waals surface area (Å²) >= 11 is 0. The first-order valence-corrected chi connectivity index (χ1v) is 9.20. The van der Waals surface area contributed by atoms with Crippen molar-refractivity contribution in [3.63, 3.8) is 0 Å². The molecule has 0 aliphatic rings. The SMILES string of the molecule is Cc1cn(COCC[Si](C)(C)C)c(C=O)n1. The standard InChI is InChI=1S/C11H20N2O2Si/c1-10-7-13(11(8-14)12-10)9-15-5-6-16(2,3)4/h7-8H,5-6,9H2,1-4H3. The number of hydrogen-bond acceptors (Lipinski definition) is 3. The van der Waals surface area contributed by atoms with Gasteiger partial charge in [-0.3, -0.25) is 4.79 Å². The van der Waals surface area contributed by atoms with Gasteiger partial charge in [-0.1, -0.05) is 19.6 Å². The maximum absolute atomic E-state index is 10.7. The van der Waals surface area contributed by atoms with E-state index in [0.717, 1.165) is 24.6 Å². The maximum Gasteiger partial charge on any atom is 0.185 e. The van der Waals surface area contributed by atoms with Gasteiger partial charge in [0, 0.05) is 20.9 Å². The van der Waals surface area contributed by atoms with Crippen LogP contribution in [-0.2, 0) is 11.5 Å². The molecule has 1 heterocycles. The molecule has 0 saturated carbocycles. The van der Waals surface area contributed by atoms with E-state index in [1.54, 1.807) is 4.57 Å². The number of hydrogen-bond donors (Lipinski definition) is 0. The van der Waals surface area contributed by atoms with Crippen LogP contribution in [0.15, 0.2) is 6.20 Å². The van der Waals surface area contributed by atoms with Crippen molar-refractivity contribution >= 4 is 14.4 Å². The smallest absolute Gasteiger partial charge is 0.185 e. The average Bonchev–Trinajstić information content (AvgIpc) is 2.52. The van der Waals surface area contributed by atoms with Crippen molar-refractivity contribution < 1.29 is 9.53 Å². The predicted molar refractivity (Wildman–Crippen MR) is 66.5 cm³/mol. The van der Waals surface area contributed by atoms with Crippen LogP contribution in [0.5, 0.6) is 0 Å². The van der Waals surface area contributed by atoms with Crippen LogP contribution in [0.4, 0.5) is 0 Å². The molecule has 0 bridgehead atoms. The van der Waals surface area contributed by atoms with Crippen molar-refractivity contribution in [2.24, 2.45) is 0 Å². The fourth-order valence-electron chi connectivity index (χ4n) is 1.30. The van der Waals surface area contributed by atoms with E-state index in [0.29, 0.717) is 12.6 Å². The van der Waals surface area contributed by atoms with Gasteiger partial charge < -0.3 is 9.30 Å². The van der Waals surface area contributed by atoms with Gasteiger partial charge in [0.15, 0.2) is 12.1 Å². The lowest BCUT2D eigenvalue weighted by Gasteiger charge is -2.15. The average molecular weight is 240 g/mol. The lowest BCUT2D eigenvalue weighted by atomic mass is 10.6. The van der Waals surface area contributed by atoms with E-state index in [2.05, 4.69) is 24.6 Å². The second kappa shape index (κ2) is 5.40. The highest BCUT2D eigenvalue weighted by Gasteiger charge is 2.12. The molecule has 0 aromatic carbocycles. The summed E-state index contributed by atoms with van der Waals surface area (Å²) in [5.41, 5.74) is 0.843. The largest absolute Gasteiger partial charge is 0.361 e. The van der Waals surface area contributed by atoms with Gasteiger partial charge in [0.25, 0.3) is 0 Å². The van der Waals surface area contributed by atoms with Crippen molar-refractivity contribution in [1.82, 2.24) is 9.55 Å². The summed E-state index contributed by atoms with van der Waals surface area (Å²) in [5, 5.41) is 0. The molecule has 0 aliphatic heterocycles. The number of carbonyl (C=O) groups is 1. The topological polar surface area (TPSA) is 44.1 Å². The van der Waals surface area contributed by atoms with E-state index in [1.807, 2.05) is 13.1 Å². The van der Waals surface area contributed by atoms with Crippen LogP contribution in [0.1, 0.15) is 16.3 Å². The first-order chi connectivity index (χ1) is 7.42. The van der Waals surface area contributed by atoms with Gasteiger partial charge in [-0.05, 0) is 13.0 Å². The fraction of sp³-hybridized carbons (Fsp3) is 0.636. The predicted octanol–water partition coefficient (Wildman–Crippen LogP) is 2.32.